The molecule has 6 heteroatoms. The van der Waals surface area contributed by atoms with Crippen LogP contribution in [0.2, 0.25) is 10.0 Å². The molecule has 49 heavy (non-hydrogen) atoms. The van der Waals surface area contributed by atoms with Crippen LogP contribution in [0.25, 0.3) is 0 Å². The Hall–Kier alpha value is -5.16. The van der Waals surface area contributed by atoms with E-state index in [0.29, 0.717) is 0 Å². The molecule has 4 nitrogen and oxygen atoms in total. The number of halogens is 2. The minimum Gasteiger partial charge on any atom is -0.261 e. The van der Waals surface area contributed by atoms with E-state index in [1.807, 2.05) is 114 Å². The quantitative estimate of drug-likeness (QED) is 0.101. The summed E-state index contributed by atoms with van der Waals surface area (Å²) in [5.74, 6) is 0. The van der Waals surface area contributed by atoms with Crippen molar-refractivity contribution < 1.29 is 0 Å². The Balaban J connectivity index is 0.000000191. The Morgan fingerprint density at radius 3 is 1.22 bits per heavy atom. The van der Waals surface area contributed by atoms with Crippen molar-refractivity contribution in [1.82, 2.24) is 0 Å². The number of anilines is 3. The highest BCUT2D eigenvalue weighted by Crippen LogP contribution is 2.26. The standard InChI is InChI=1S/C22H21ClN2.C21H19ClN2/c1-2-22(19-13-15-20(23)16-14-19)24-25(21-11-7-4-8-12-21)17-18-9-5-3-6-10-18;1-2-21(17-13-15-18(22)16-14-17)23-24(19-9-5-3-6-10-19)20-11-7-4-8-12-20/h3-16H,2,17H2,1H3;3-16H,2H2,1H3/b24-22-;23-21-. The predicted octanol–water partition coefficient (Wildman–Crippen LogP) is 12.5. The second kappa shape index (κ2) is 18.4. The summed E-state index contributed by atoms with van der Waals surface area (Å²) < 4.78 is 0. The molecule has 0 fully saturated rings. The summed E-state index contributed by atoms with van der Waals surface area (Å²) in [6, 6.07) is 56.7. The monoisotopic (exact) mass is 682 g/mol. The van der Waals surface area contributed by atoms with E-state index >= 15 is 0 Å². The SMILES string of the molecule is CC/C(=N/N(Cc1ccccc1)c1ccccc1)c1ccc(Cl)cc1.CC/C(=N/N(c1ccccc1)c1ccccc1)c1ccc(Cl)cc1. The van der Waals surface area contributed by atoms with E-state index in [-0.39, 0.29) is 0 Å². The Kier molecular flexibility index (Phi) is 13.2. The van der Waals surface area contributed by atoms with E-state index in [1.165, 1.54) is 5.56 Å². The van der Waals surface area contributed by atoms with Gasteiger partial charge >= 0.3 is 0 Å². The highest BCUT2D eigenvalue weighted by atomic mass is 35.5. The summed E-state index contributed by atoms with van der Waals surface area (Å²) in [6.07, 6.45) is 1.68. The largest absolute Gasteiger partial charge is 0.261 e. The van der Waals surface area contributed by atoms with Gasteiger partial charge in [-0.3, -0.25) is 5.01 Å². The number of hydrogen-bond acceptors (Lipinski definition) is 4. The topological polar surface area (TPSA) is 31.2 Å². The molecule has 0 radical (unpaired) electrons. The van der Waals surface area contributed by atoms with Gasteiger partial charge in [-0.2, -0.15) is 10.2 Å². The fourth-order valence-electron chi connectivity index (χ4n) is 5.16. The van der Waals surface area contributed by atoms with Gasteiger partial charge in [0.1, 0.15) is 0 Å². The fourth-order valence-corrected chi connectivity index (χ4v) is 5.41. The van der Waals surface area contributed by atoms with Crippen LogP contribution in [0.15, 0.2) is 180 Å². The molecule has 0 aliphatic rings. The number of para-hydroxylation sites is 3. The molecular weight excluding hydrogens is 643 g/mol. The van der Waals surface area contributed by atoms with Gasteiger partial charge in [0.05, 0.1) is 35.0 Å². The van der Waals surface area contributed by atoms with Gasteiger partial charge in [-0.25, -0.2) is 5.01 Å². The minimum absolute atomic E-state index is 0.724. The Morgan fingerprint density at radius 2 is 0.816 bits per heavy atom. The highest BCUT2D eigenvalue weighted by molar-refractivity contribution is 6.31. The number of hydrazone groups is 2. The summed E-state index contributed by atoms with van der Waals surface area (Å²) in [6.45, 7) is 4.96. The summed E-state index contributed by atoms with van der Waals surface area (Å²) >= 11 is 12.0. The van der Waals surface area contributed by atoms with Crippen molar-refractivity contribution in [3.05, 3.63) is 197 Å². The lowest BCUT2D eigenvalue weighted by Gasteiger charge is -2.21. The van der Waals surface area contributed by atoms with Crippen molar-refractivity contribution in [1.29, 1.82) is 0 Å². The lowest BCUT2D eigenvalue weighted by Crippen LogP contribution is -2.19. The van der Waals surface area contributed by atoms with E-state index in [1.54, 1.807) is 0 Å². The molecule has 0 aromatic heterocycles. The summed E-state index contributed by atoms with van der Waals surface area (Å²) in [5.41, 5.74) is 8.59. The van der Waals surface area contributed by atoms with Crippen LogP contribution in [-0.2, 0) is 6.54 Å². The van der Waals surface area contributed by atoms with Crippen LogP contribution in [0.4, 0.5) is 17.1 Å². The van der Waals surface area contributed by atoms with E-state index in [4.69, 9.17) is 33.4 Å². The highest BCUT2D eigenvalue weighted by Gasteiger charge is 2.11. The molecule has 0 amide bonds. The van der Waals surface area contributed by atoms with Crippen LogP contribution in [-0.4, -0.2) is 11.4 Å². The van der Waals surface area contributed by atoms with Crippen molar-refractivity contribution in [3.63, 3.8) is 0 Å². The van der Waals surface area contributed by atoms with Crippen molar-refractivity contribution in [2.75, 3.05) is 10.0 Å². The van der Waals surface area contributed by atoms with Gasteiger partial charge in [0.2, 0.25) is 0 Å². The Morgan fingerprint density at radius 1 is 0.449 bits per heavy atom. The van der Waals surface area contributed by atoms with E-state index in [0.717, 1.165) is 69.0 Å². The van der Waals surface area contributed by atoms with E-state index in [9.17, 15) is 0 Å². The molecular formula is C43H40Cl2N4. The molecule has 0 heterocycles. The van der Waals surface area contributed by atoms with Crippen molar-refractivity contribution in [2.45, 2.75) is 33.2 Å². The van der Waals surface area contributed by atoms with Crippen molar-refractivity contribution >= 4 is 51.7 Å². The second-order valence-electron chi connectivity index (χ2n) is 11.2. The fraction of sp³-hybridized carbons (Fsp3) is 0.116. The van der Waals surface area contributed by atoms with Crippen LogP contribution < -0.4 is 10.0 Å². The van der Waals surface area contributed by atoms with Crippen LogP contribution >= 0.6 is 23.2 Å². The third kappa shape index (κ3) is 10.4. The molecule has 0 spiro atoms. The molecule has 0 saturated heterocycles. The lowest BCUT2D eigenvalue weighted by molar-refractivity contribution is 0.850. The molecule has 0 N–H and O–H groups in total. The van der Waals surface area contributed by atoms with Gasteiger partial charge < -0.3 is 0 Å². The second-order valence-corrected chi connectivity index (χ2v) is 12.0. The van der Waals surface area contributed by atoms with Gasteiger partial charge in [0.15, 0.2) is 0 Å². The maximum absolute atomic E-state index is 6.02. The van der Waals surface area contributed by atoms with Gasteiger partial charge in [-0.1, -0.05) is 146 Å². The van der Waals surface area contributed by atoms with Crippen molar-refractivity contribution in [3.8, 4) is 0 Å². The first-order valence-corrected chi connectivity index (χ1v) is 17.2. The minimum atomic E-state index is 0.724. The molecule has 246 valence electrons. The molecule has 0 aliphatic carbocycles. The summed E-state index contributed by atoms with van der Waals surface area (Å²) in [4.78, 5) is 0. The molecule has 0 atom stereocenters. The molecule has 0 aliphatic heterocycles. The Bertz CT molecular complexity index is 1860. The molecule has 0 unspecified atom stereocenters. The average molecular weight is 684 g/mol. The third-order valence-electron chi connectivity index (χ3n) is 7.72. The normalized spacial score (nSPS) is 11.3. The first kappa shape index (κ1) is 35.2. The molecule has 0 bridgehead atoms. The zero-order chi connectivity index (χ0) is 34.3. The van der Waals surface area contributed by atoms with E-state index < -0.39 is 0 Å². The first-order valence-electron chi connectivity index (χ1n) is 16.5. The van der Waals surface area contributed by atoms with Gasteiger partial charge in [-0.05, 0) is 90.2 Å². The van der Waals surface area contributed by atoms with Crippen LogP contribution in [0.1, 0.15) is 43.4 Å². The third-order valence-corrected chi connectivity index (χ3v) is 8.22. The maximum atomic E-state index is 6.02. The summed E-state index contributed by atoms with van der Waals surface area (Å²) in [5, 5.41) is 15.4. The predicted molar refractivity (Wildman–Crippen MR) is 211 cm³/mol. The lowest BCUT2D eigenvalue weighted by atomic mass is 10.1. The molecule has 6 aromatic carbocycles. The number of hydrogen-bond donors (Lipinski definition) is 0. The zero-order valence-electron chi connectivity index (χ0n) is 27.8. The van der Waals surface area contributed by atoms with Crippen LogP contribution in [0.3, 0.4) is 0 Å². The number of rotatable bonds is 11. The molecule has 0 saturated carbocycles. The smallest absolute Gasteiger partial charge is 0.0683 e. The van der Waals surface area contributed by atoms with Gasteiger partial charge in [-0.15, -0.1) is 0 Å². The zero-order valence-corrected chi connectivity index (χ0v) is 29.3. The van der Waals surface area contributed by atoms with Crippen molar-refractivity contribution in [2.24, 2.45) is 10.2 Å². The van der Waals surface area contributed by atoms with Crippen LogP contribution in [0, 0.1) is 0 Å². The molecule has 6 rings (SSSR count). The van der Waals surface area contributed by atoms with Crippen LogP contribution in [0.5, 0.6) is 0 Å². The van der Waals surface area contributed by atoms with Gasteiger partial charge in [0, 0.05) is 10.0 Å². The average Bonchev–Trinajstić information content (AvgIpc) is 3.16. The maximum Gasteiger partial charge on any atom is 0.0683 e. The van der Waals surface area contributed by atoms with E-state index in [2.05, 4.69) is 79.5 Å². The Labute approximate surface area is 300 Å². The number of nitrogens with zero attached hydrogens (tertiary/aromatic N) is 4. The number of benzene rings is 6. The molecule has 6 aromatic rings. The summed E-state index contributed by atoms with van der Waals surface area (Å²) in [7, 11) is 0. The first-order chi connectivity index (χ1) is 24.0. The van der Waals surface area contributed by atoms with Gasteiger partial charge in [0.25, 0.3) is 0 Å².